The van der Waals surface area contributed by atoms with Gasteiger partial charge < -0.3 is 11.1 Å². The smallest absolute Gasteiger partial charge is 0.403 e. The molecule has 0 radical (unpaired) electrons. The predicted octanol–water partition coefficient (Wildman–Crippen LogP) is 2.86. The highest BCUT2D eigenvalue weighted by atomic mass is 19.4. The third-order valence-corrected chi connectivity index (χ3v) is 1.75. The van der Waals surface area contributed by atoms with Crippen LogP contribution in [0.15, 0.2) is 30.6 Å². The Morgan fingerprint density at radius 2 is 1.93 bits per heavy atom. The van der Waals surface area contributed by atoms with Crippen LogP contribution in [0.3, 0.4) is 0 Å². The molecule has 0 atom stereocenters. The van der Waals surface area contributed by atoms with E-state index in [0.29, 0.717) is 11.3 Å². The van der Waals surface area contributed by atoms with Crippen molar-refractivity contribution in [2.24, 2.45) is 5.73 Å². The van der Waals surface area contributed by atoms with Crippen LogP contribution in [0.5, 0.6) is 0 Å². The average molecular weight is 216 g/mol. The zero-order valence-electron chi connectivity index (χ0n) is 8.10. The summed E-state index contributed by atoms with van der Waals surface area (Å²) in [5, 5.41) is 2.64. The first-order chi connectivity index (χ1) is 6.93. The number of hydrogen-bond acceptors (Lipinski definition) is 2. The van der Waals surface area contributed by atoms with Crippen LogP contribution in [0, 0.1) is 6.92 Å². The number of halogens is 3. The Morgan fingerprint density at radius 1 is 1.27 bits per heavy atom. The third-order valence-electron chi connectivity index (χ3n) is 1.75. The second-order valence-electron chi connectivity index (χ2n) is 3.09. The van der Waals surface area contributed by atoms with E-state index in [4.69, 9.17) is 5.73 Å². The van der Waals surface area contributed by atoms with E-state index in [-0.39, 0.29) is 0 Å². The van der Waals surface area contributed by atoms with Gasteiger partial charge in [0.1, 0.15) is 0 Å². The number of rotatable bonds is 2. The Morgan fingerprint density at radius 3 is 2.47 bits per heavy atom. The number of alkyl halides is 3. The van der Waals surface area contributed by atoms with Crippen molar-refractivity contribution in [2.45, 2.75) is 13.1 Å². The summed E-state index contributed by atoms with van der Waals surface area (Å²) in [4.78, 5) is 0. The lowest BCUT2D eigenvalue weighted by atomic mass is 10.1. The minimum absolute atomic E-state index is 0.365. The van der Waals surface area contributed by atoms with Gasteiger partial charge in [-0.2, -0.15) is 13.2 Å². The van der Waals surface area contributed by atoms with Gasteiger partial charge in [-0.25, -0.2) is 0 Å². The molecular weight excluding hydrogens is 205 g/mol. The van der Waals surface area contributed by atoms with Crippen LogP contribution in [0.4, 0.5) is 18.9 Å². The van der Waals surface area contributed by atoms with Gasteiger partial charge in [-0.1, -0.05) is 0 Å². The molecule has 0 heterocycles. The predicted molar refractivity (Wildman–Crippen MR) is 53.1 cm³/mol. The lowest BCUT2D eigenvalue weighted by Crippen LogP contribution is -2.06. The number of aryl methyl sites for hydroxylation is 1. The summed E-state index contributed by atoms with van der Waals surface area (Å²) < 4.78 is 37.2. The summed E-state index contributed by atoms with van der Waals surface area (Å²) in [6, 6.07) is 3.74. The lowest BCUT2D eigenvalue weighted by molar-refractivity contribution is -0.137. The van der Waals surface area contributed by atoms with E-state index in [2.05, 4.69) is 5.32 Å². The first-order valence-corrected chi connectivity index (χ1v) is 4.25. The molecule has 1 aromatic carbocycles. The Bertz CT molecular complexity index is 369. The normalized spacial score (nSPS) is 12.0. The van der Waals surface area contributed by atoms with E-state index in [9.17, 15) is 13.2 Å². The Labute approximate surface area is 85.6 Å². The number of nitrogens with two attached hydrogens (primary N) is 1. The molecule has 0 saturated carbocycles. The van der Waals surface area contributed by atoms with Crippen LogP contribution in [-0.4, -0.2) is 0 Å². The van der Waals surface area contributed by atoms with Gasteiger partial charge in [0.2, 0.25) is 0 Å². The lowest BCUT2D eigenvalue weighted by Gasteiger charge is -2.10. The van der Waals surface area contributed by atoms with Gasteiger partial charge in [0.25, 0.3) is 0 Å². The van der Waals surface area contributed by atoms with Crippen molar-refractivity contribution < 1.29 is 13.2 Å². The summed E-state index contributed by atoms with van der Waals surface area (Å²) in [7, 11) is 0. The molecule has 2 nitrogen and oxygen atoms in total. The maximum Gasteiger partial charge on any atom is 0.416 e. The van der Waals surface area contributed by atoms with Gasteiger partial charge in [-0.05, 0) is 30.7 Å². The van der Waals surface area contributed by atoms with E-state index >= 15 is 0 Å². The zero-order chi connectivity index (χ0) is 11.5. The van der Waals surface area contributed by atoms with Crippen molar-refractivity contribution in [3.05, 3.63) is 41.7 Å². The summed E-state index contributed by atoms with van der Waals surface area (Å²) in [6.07, 6.45) is -1.74. The minimum atomic E-state index is -4.32. The SMILES string of the molecule is Cc1cc(N/C=C\N)cc(C(F)(F)F)c1. The molecule has 82 valence electrons. The Hall–Kier alpha value is -1.65. The summed E-state index contributed by atoms with van der Waals surface area (Å²) >= 11 is 0. The fourth-order valence-corrected chi connectivity index (χ4v) is 1.17. The van der Waals surface area contributed by atoms with Crippen molar-refractivity contribution in [2.75, 3.05) is 5.32 Å². The second-order valence-corrected chi connectivity index (χ2v) is 3.09. The zero-order valence-corrected chi connectivity index (χ0v) is 8.10. The fraction of sp³-hybridized carbons (Fsp3) is 0.200. The van der Waals surface area contributed by atoms with Crippen LogP contribution in [0.25, 0.3) is 0 Å². The molecule has 5 heteroatoms. The molecule has 0 aliphatic rings. The maximum atomic E-state index is 12.4. The molecule has 0 aliphatic heterocycles. The van der Waals surface area contributed by atoms with E-state index in [1.165, 1.54) is 12.4 Å². The maximum absolute atomic E-state index is 12.4. The highest BCUT2D eigenvalue weighted by molar-refractivity contribution is 5.51. The summed E-state index contributed by atoms with van der Waals surface area (Å²) in [5.74, 6) is 0. The van der Waals surface area contributed by atoms with Gasteiger partial charge >= 0.3 is 6.18 Å². The highest BCUT2D eigenvalue weighted by Crippen LogP contribution is 2.31. The van der Waals surface area contributed by atoms with E-state index in [0.717, 1.165) is 12.1 Å². The Balaban J connectivity index is 3.05. The number of anilines is 1. The van der Waals surface area contributed by atoms with Crippen molar-refractivity contribution in [3.63, 3.8) is 0 Å². The quantitative estimate of drug-likeness (QED) is 0.797. The number of hydrogen-bond donors (Lipinski definition) is 2. The average Bonchev–Trinajstić information content (AvgIpc) is 2.12. The van der Waals surface area contributed by atoms with Crippen LogP contribution in [0.2, 0.25) is 0 Å². The van der Waals surface area contributed by atoms with Gasteiger partial charge in [-0.15, -0.1) is 0 Å². The summed E-state index contributed by atoms with van der Waals surface area (Å²) in [6.45, 7) is 1.60. The van der Waals surface area contributed by atoms with E-state index in [1.807, 2.05) is 0 Å². The topological polar surface area (TPSA) is 38.0 Å². The van der Waals surface area contributed by atoms with E-state index < -0.39 is 11.7 Å². The van der Waals surface area contributed by atoms with Gasteiger partial charge in [0.15, 0.2) is 0 Å². The monoisotopic (exact) mass is 216 g/mol. The number of benzene rings is 1. The molecule has 15 heavy (non-hydrogen) atoms. The molecule has 0 saturated heterocycles. The van der Waals surface area contributed by atoms with Crippen molar-refractivity contribution in [1.29, 1.82) is 0 Å². The molecule has 1 rings (SSSR count). The van der Waals surface area contributed by atoms with Gasteiger partial charge in [-0.3, -0.25) is 0 Å². The molecule has 0 spiro atoms. The minimum Gasteiger partial charge on any atom is -0.403 e. The number of nitrogens with one attached hydrogen (secondary N) is 1. The van der Waals surface area contributed by atoms with Crippen LogP contribution >= 0.6 is 0 Å². The molecule has 0 amide bonds. The van der Waals surface area contributed by atoms with Crippen LogP contribution in [0.1, 0.15) is 11.1 Å². The van der Waals surface area contributed by atoms with Crippen molar-refractivity contribution in [1.82, 2.24) is 0 Å². The molecule has 0 aliphatic carbocycles. The second kappa shape index (κ2) is 4.25. The van der Waals surface area contributed by atoms with Crippen LogP contribution in [-0.2, 0) is 6.18 Å². The third kappa shape index (κ3) is 3.19. The molecule has 3 N–H and O–H groups in total. The summed E-state index contributed by atoms with van der Waals surface area (Å²) in [5.41, 5.74) is 5.31. The fourth-order valence-electron chi connectivity index (χ4n) is 1.17. The van der Waals surface area contributed by atoms with Gasteiger partial charge in [0, 0.05) is 18.1 Å². The molecule has 0 aromatic heterocycles. The largest absolute Gasteiger partial charge is 0.416 e. The molecule has 0 bridgehead atoms. The standard InChI is InChI=1S/C10H11F3N2/c1-7-4-8(10(11,12)13)6-9(5-7)15-3-2-14/h2-6,15H,14H2,1H3/b3-2-. The van der Waals surface area contributed by atoms with Crippen molar-refractivity contribution in [3.8, 4) is 0 Å². The van der Waals surface area contributed by atoms with E-state index in [1.54, 1.807) is 13.0 Å². The molecular formula is C10H11F3N2. The highest BCUT2D eigenvalue weighted by Gasteiger charge is 2.30. The molecule has 1 aromatic rings. The first kappa shape index (κ1) is 11.4. The van der Waals surface area contributed by atoms with Gasteiger partial charge in [0.05, 0.1) is 5.56 Å². The molecule has 0 fully saturated rings. The first-order valence-electron chi connectivity index (χ1n) is 4.25. The van der Waals surface area contributed by atoms with Crippen LogP contribution < -0.4 is 11.1 Å². The van der Waals surface area contributed by atoms with Crippen molar-refractivity contribution >= 4 is 5.69 Å². The molecule has 0 unspecified atom stereocenters. The Kier molecular flexibility index (Phi) is 3.24.